The number of aryl methyl sites for hydroxylation is 1. The first-order valence-electron chi connectivity index (χ1n) is 9.85. The second-order valence-electron chi connectivity index (χ2n) is 7.36. The van der Waals surface area contributed by atoms with Crippen LogP contribution in [0.15, 0.2) is 45.3 Å². The fourth-order valence-electron chi connectivity index (χ4n) is 3.53. The number of carbonyl (C=O) groups excluding carboxylic acids is 2. The monoisotopic (exact) mass is 505 g/mol. The first-order valence-corrected chi connectivity index (χ1v) is 12.5. The van der Waals surface area contributed by atoms with Crippen LogP contribution in [0.2, 0.25) is 0 Å². The lowest BCUT2D eigenvalue weighted by Crippen LogP contribution is -2.70. The molecule has 3 N–H and O–H groups in total. The molecule has 2 aliphatic heterocycles. The normalized spacial score (nSPS) is 19.7. The van der Waals surface area contributed by atoms with Gasteiger partial charge in [-0.05, 0) is 12.5 Å². The molecule has 0 radical (unpaired) electrons. The lowest BCUT2D eigenvalue weighted by molar-refractivity contribution is -0.150. The van der Waals surface area contributed by atoms with Gasteiger partial charge in [0.2, 0.25) is 5.91 Å². The number of amides is 2. The topological polar surface area (TPSA) is 137 Å². The molecule has 1 aromatic heterocycles. The number of thioether (sulfide) groups is 2. The minimum absolute atomic E-state index is 0.116. The van der Waals surface area contributed by atoms with Gasteiger partial charge in [0, 0.05) is 15.5 Å². The molecule has 1 fully saturated rings. The number of hydrogen-bond donors (Lipinski definition) is 3. The molecule has 0 saturated carbocycles. The maximum absolute atomic E-state index is 12.8. The standard InChI is InChI=1S/C21H19N3O6S3/c1-10-12(8-15(26)27)32-21(22-10)33-13-9-31-19-16(18(28)24(19)17(13)20(29)30)23-14(25)7-11-5-3-2-4-6-11/h2-6,16,19H,7-9H2,1H3,(H,23,25)(H,26,27)(H,29,30)/t16-,19+/m1/s1. The van der Waals surface area contributed by atoms with E-state index in [9.17, 15) is 24.3 Å². The first kappa shape index (κ1) is 23.3. The van der Waals surface area contributed by atoms with Crippen molar-refractivity contribution in [3.63, 3.8) is 0 Å². The summed E-state index contributed by atoms with van der Waals surface area (Å²) in [5.41, 5.74) is 1.29. The molecular formula is C21H19N3O6S3. The largest absolute Gasteiger partial charge is 0.481 e. The predicted molar refractivity (Wildman–Crippen MR) is 124 cm³/mol. The van der Waals surface area contributed by atoms with Gasteiger partial charge in [0.05, 0.1) is 18.5 Å². The molecule has 0 spiro atoms. The highest BCUT2D eigenvalue weighted by atomic mass is 32.2. The van der Waals surface area contributed by atoms with Crippen molar-refractivity contribution in [1.29, 1.82) is 0 Å². The predicted octanol–water partition coefficient (Wildman–Crippen LogP) is 2.11. The molecule has 1 saturated heterocycles. The molecule has 2 aromatic rings. The number of nitrogens with zero attached hydrogens (tertiary/aromatic N) is 2. The van der Waals surface area contributed by atoms with E-state index in [1.807, 2.05) is 30.3 Å². The smallest absolute Gasteiger partial charge is 0.353 e. The van der Waals surface area contributed by atoms with Crippen molar-refractivity contribution in [3.05, 3.63) is 57.1 Å². The Balaban J connectivity index is 1.48. The molecule has 9 nitrogen and oxygen atoms in total. The van der Waals surface area contributed by atoms with Crippen LogP contribution in [-0.4, -0.2) is 61.0 Å². The average molecular weight is 506 g/mol. The number of hydrogen-bond acceptors (Lipinski definition) is 8. The number of carboxylic acid groups (broad SMARTS) is 2. The van der Waals surface area contributed by atoms with Crippen LogP contribution in [-0.2, 0) is 32.0 Å². The molecule has 2 amide bonds. The van der Waals surface area contributed by atoms with E-state index in [2.05, 4.69) is 10.3 Å². The summed E-state index contributed by atoms with van der Waals surface area (Å²) in [7, 11) is 0. The number of carboxylic acids is 2. The number of nitrogens with one attached hydrogen (secondary N) is 1. The van der Waals surface area contributed by atoms with Crippen molar-refractivity contribution >= 4 is 58.6 Å². The van der Waals surface area contributed by atoms with E-state index in [4.69, 9.17) is 5.11 Å². The molecule has 4 rings (SSSR count). The van der Waals surface area contributed by atoms with E-state index in [1.54, 1.807) is 6.92 Å². The van der Waals surface area contributed by atoms with Crippen molar-refractivity contribution in [3.8, 4) is 0 Å². The van der Waals surface area contributed by atoms with Gasteiger partial charge < -0.3 is 15.5 Å². The van der Waals surface area contributed by atoms with Gasteiger partial charge in [-0.3, -0.25) is 19.3 Å². The van der Waals surface area contributed by atoms with Crippen LogP contribution in [0.25, 0.3) is 0 Å². The van der Waals surface area contributed by atoms with Gasteiger partial charge in [0.25, 0.3) is 5.91 Å². The highest BCUT2D eigenvalue weighted by Crippen LogP contribution is 2.46. The maximum Gasteiger partial charge on any atom is 0.353 e. The van der Waals surface area contributed by atoms with Gasteiger partial charge in [0.1, 0.15) is 17.1 Å². The Kier molecular flexibility index (Phi) is 6.77. The summed E-state index contributed by atoms with van der Waals surface area (Å²) in [6.07, 6.45) is -0.0203. The van der Waals surface area contributed by atoms with E-state index in [1.165, 1.54) is 28.0 Å². The highest BCUT2D eigenvalue weighted by molar-refractivity contribution is 8.07. The Hall–Kier alpha value is -2.83. The van der Waals surface area contributed by atoms with Crippen LogP contribution < -0.4 is 5.32 Å². The number of carbonyl (C=O) groups is 4. The van der Waals surface area contributed by atoms with Crippen molar-refractivity contribution in [2.75, 3.05) is 5.75 Å². The minimum Gasteiger partial charge on any atom is -0.481 e. The number of benzene rings is 1. The summed E-state index contributed by atoms with van der Waals surface area (Å²) < 4.78 is 0.525. The van der Waals surface area contributed by atoms with Gasteiger partial charge in [-0.2, -0.15) is 0 Å². The second kappa shape index (κ2) is 9.57. The molecular weight excluding hydrogens is 486 g/mol. The highest BCUT2D eigenvalue weighted by Gasteiger charge is 2.54. The van der Waals surface area contributed by atoms with E-state index >= 15 is 0 Å². The first-order chi connectivity index (χ1) is 15.7. The average Bonchev–Trinajstić information content (AvgIpc) is 3.10. The van der Waals surface area contributed by atoms with Gasteiger partial charge in [-0.15, -0.1) is 23.1 Å². The van der Waals surface area contributed by atoms with E-state index in [-0.39, 0.29) is 24.4 Å². The number of rotatable bonds is 8. The second-order valence-corrected chi connectivity index (χ2v) is 10.9. The van der Waals surface area contributed by atoms with Gasteiger partial charge >= 0.3 is 11.9 Å². The fraction of sp³-hybridized carbons (Fsp3) is 0.286. The number of aliphatic carboxylic acids is 2. The number of β-lactam (4-membered cyclic amide) rings is 1. The molecule has 0 unspecified atom stereocenters. The zero-order chi connectivity index (χ0) is 23.7. The Morgan fingerprint density at radius 1 is 1.21 bits per heavy atom. The molecule has 33 heavy (non-hydrogen) atoms. The van der Waals surface area contributed by atoms with Crippen LogP contribution >= 0.6 is 34.9 Å². The van der Waals surface area contributed by atoms with Crippen molar-refractivity contribution in [2.45, 2.75) is 35.5 Å². The third-order valence-corrected chi connectivity index (χ3v) is 8.82. The number of thiazole rings is 1. The molecule has 2 aliphatic rings. The van der Waals surface area contributed by atoms with Crippen LogP contribution in [0.1, 0.15) is 16.1 Å². The van der Waals surface area contributed by atoms with Crippen molar-refractivity contribution < 1.29 is 29.4 Å². The molecule has 0 bridgehead atoms. The van der Waals surface area contributed by atoms with E-state index in [0.29, 0.717) is 25.6 Å². The summed E-state index contributed by atoms with van der Waals surface area (Å²) in [6.45, 7) is 1.71. The van der Waals surface area contributed by atoms with Crippen molar-refractivity contribution in [1.82, 2.24) is 15.2 Å². The maximum atomic E-state index is 12.8. The minimum atomic E-state index is -1.23. The number of fused-ring (bicyclic) bond motifs is 1. The lowest BCUT2D eigenvalue weighted by atomic mass is 10.0. The third kappa shape index (κ3) is 4.92. The zero-order valence-electron chi connectivity index (χ0n) is 17.3. The molecule has 1 aromatic carbocycles. The molecule has 3 heterocycles. The SMILES string of the molecule is Cc1nc(SC2=C(C(=O)O)N3C(=O)[C@@H](NC(=O)Cc4ccccc4)[C@@H]3SC2)sc1CC(=O)O. The Morgan fingerprint density at radius 3 is 2.61 bits per heavy atom. The van der Waals surface area contributed by atoms with Gasteiger partial charge in [-0.25, -0.2) is 9.78 Å². The lowest BCUT2D eigenvalue weighted by Gasteiger charge is -2.49. The number of aromatic nitrogens is 1. The quantitative estimate of drug-likeness (QED) is 0.461. The molecule has 2 atom stereocenters. The Morgan fingerprint density at radius 2 is 1.94 bits per heavy atom. The molecule has 172 valence electrons. The fourth-order valence-corrected chi connectivity index (χ4v) is 7.39. The molecule has 12 heteroatoms. The summed E-state index contributed by atoms with van der Waals surface area (Å²) in [5.74, 6) is -2.63. The van der Waals surface area contributed by atoms with Crippen LogP contribution in [0.5, 0.6) is 0 Å². The van der Waals surface area contributed by atoms with Gasteiger partial charge in [0.15, 0.2) is 4.34 Å². The Bertz CT molecular complexity index is 1160. The summed E-state index contributed by atoms with van der Waals surface area (Å²) in [5, 5.41) is 21.1. The summed E-state index contributed by atoms with van der Waals surface area (Å²) >= 11 is 3.71. The van der Waals surface area contributed by atoms with Gasteiger partial charge in [-0.1, -0.05) is 42.1 Å². The molecule has 0 aliphatic carbocycles. The summed E-state index contributed by atoms with van der Waals surface area (Å²) in [4.78, 5) is 54.8. The Labute approximate surface area is 201 Å². The van der Waals surface area contributed by atoms with E-state index < -0.39 is 29.3 Å². The van der Waals surface area contributed by atoms with Crippen molar-refractivity contribution in [2.24, 2.45) is 0 Å². The van der Waals surface area contributed by atoms with Crippen LogP contribution in [0.4, 0.5) is 0 Å². The van der Waals surface area contributed by atoms with Crippen LogP contribution in [0.3, 0.4) is 0 Å². The zero-order valence-corrected chi connectivity index (χ0v) is 19.8. The van der Waals surface area contributed by atoms with E-state index in [0.717, 1.165) is 17.3 Å². The third-order valence-electron chi connectivity index (χ3n) is 5.06. The summed E-state index contributed by atoms with van der Waals surface area (Å²) in [6, 6.07) is 8.36. The van der Waals surface area contributed by atoms with Crippen LogP contribution in [0, 0.1) is 6.92 Å².